The maximum atomic E-state index is 4.55. The minimum atomic E-state index is 0.310. The van der Waals surface area contributed by atoms with E-state index in [1.165, 1.54) is 25.7 Å². The smallest absolute Gasteiger partial charge is 0.163 e. The van der Waals surface area contributed by atoms with Crippen LogP contribution < -0.4 is 4.90 Å². The summed E-state index contributed by atoms with van der Waals surface area (Å²) in [6.07, 6.45) is 8.35. The fourth-order valence-electron chi connectivity index (χ4n) is 2.50. The minimum absolute atomic E-state index is 0.310. The van der Waals surface area contributed by atoms with Gasteiger partial charge in [-0.15, -0.1) is 0 Å². The molecule has 0 unspecified atom stereocenters. The third-order valence-corrected chi connectivity index (χ3v) is 3.72. The van der Waals surface area contributed by atoms with Crippen LogP contribution in [0.4, 0.5) is 5.82 Å². The number of hydrogen-bond donors (Lipinski definition) is 0. The molecule has 2 heterocycles. The molecule has 0 saturated heterocycles. The molecular weight excluding hydrogens is 262 g/mol. The highest BCUT2D eigenvalue weighted by Gasteiger charge is 2.16. The lowest BCUT2D eigenvalue weighted by Crippen LogP contribution is -2.26. The van der Waals surface area contributed by atoms with E-state index in [-0.39, 0.29) is 0 Å². The third-order valence-electron chi connectivity index (χ3n) is 3.72. The van der Waals surface area contributed by atoms with Gasteiger partial charge in [0.25, 0.3) is 0 Å². The maximum absolute atomic E-state index is 4.55. The zero-order chi connectivity index (χ0) is 15.2. The Morgan fingerprint density at radius 3 is 2.33 bits per heavy atom. The molecule has 0 atom stereocenters. The topological polar surface area (TPSA) is 46.8 Å². The average Bonchev–Trinajstić information content (AvgIpc) is 2.92. The fourth-order valence-corrected chi connectivity index (χ4v) is 2.50. The molecule has 21 heavy (non-hydrogen) atoms. The first-order valence-corrected chi connectivity index (χ1v) is 8.12. The van der Waals surface area contributed by atoms with Crippen LogP contribution in [0.5, 0.6) is 0 Å². The van der Waals surface area contributed by atoms with Crippen LogP contribution in [0.1, 0.15) is 59.4 Å². The van der Waals surface area contributed by atoms with Crippen LogP contribution in [0.2, 0.25) is 0 Å². The van der Waals surface area contributed by atoms with E-state index < -0.39 is 0 Å². The Labute approximate surface area is 127 Å². The molecule has 2 aromatic rings. The van der Waals surface area contributed by atoms with Gasteiger partial charge in [0.15, 0.2) is 5.65 Å². The molecule has 5 heteroatoms. The number of aromatic nitrogens is 4. The Morgan fingerprint density at radius 1 is 1.10 bits per heavy atom. The van der Waals surface area contributed by atoms with Crippen molar-refractivity contribution < 1.29 is 0 Å². The van der Waals surface area contributed by atoms with E-state index in [0.717, 1.165) is 29.9 Å². The molecule has 0 aliphatic heterocycles. The van der Waals surface area contributed by atoms with Gasteiger partial charge in [-0.1, -0.05) is 26.7 Å². The second kappa shape index (κ2) is 7.38. The van der Waals surface area contributed by atoms with Crippen molar-refractivity contribution in [3.63, 3.8) is 0 Å². The number of unbranched alkanes of at least 4 members (excludes halogenated alkanes) is 2. The van der Waals surface area contributed by atoms with E-state index in [2.05, 4.69) is 47.7 Å². The monoisotopic (exact) mass is 289 g/mol. The van der Waals surface area contributed by atoms with Gasteiger partial charge < -0.3 is 4.90 Å². The van der Waals surface area contributed by atoms with Crippen LogP contribution in [0.15, 0.2) is 12.5 Å². The highest BCUT2D eigenvalue weighted by molar-refractivity contribution is 5.86. The van der Waals surface area contributed by atoms with Crippen LogP contribution in [-0.2, 0) is 0 Å². The third kappa shape index (κ3) is 3.52. The molecule has 0 aromatic carbocycles. The Kier molecular flexibility index (Phi) is 5.53. The van der Waals surface area contributed by atoms with Gasteiger partial charge in [-0.2, -0.15) is 5.10 Å². The molecule has 0 spiro atoms. The molecule has 5 nitrogen and oxygen atoms in total. The first-order chi connectivity index (χ1) is 10.2. The lowest BCUT2D eigenvalue weighted by atomic mass is 10.2. The van der Waals surface area contributed by atoms with Crippen LogP contribution in [0.25, 0.3) is 11.0 Å². The highest BCUT2D eigenvalue weighted by atomic mass is 15.3. The number of fused-ring (bicyclic) bond motifs is 1. The fraction of sp³-hybridized carbons (Fsp3) is 0.688. The molecule has 0 saturated carbocycles. The van der Waals surface area contributed by atoms with Crippen LogP contribution in [0, 0.1) is 0 Å². The molecule has 0 amide bonds. The normalized spacial score (nSPS) is 11.5. The van der Waals surface area contributed by atoms with Gasteiger partial charge in [0.2, 0.25) is 0 Å². The summed E-state index contributed by atoms with van der Waals surface area (Å²) in [5.41, 5.74) is 0.938. The Bertz CT molecular complexity index is 553. The van der Waals surface area contributed by atoms with Gasteiger partial charge in [0, 0.05) is 19.1 Å². The van der Waals surface area contributed by atoms with E-state index in [1.807, 2.05) is 10.9 Å². The summed E-state index contributed by atoms with van der Waals surface area (Å²) < 4.78 is 1.97. The molecular formula is C16H27N5. The number of nitrogens with zero attached hydrogens (tertiary/aromatic N) is 5. The molecule has 0 bridgehead atoms. The predicted octanol–water partition coefficient (Wildman–Crippen LogP) is 3.81. The zero-order valence-electron chi connectivity index (χ0n) is 13.7. The SMILES string of the molecule is CCCCN(CCCC)c1ncnc2c1cnn2C(C)C. The second-order valence-corrected chi connectivity index (χ2v) is 5.81. The van der Waals surface area contributed by atoms with Crippen LogP contribution in [0.3, 0.4) is 0 Å². The molecule has 0 fully saturated rings. The van der Waals surface area contributed by atoms with Gasteiger partial charge in [-0.25, -0.2) is 14.6 Å². The number of anilines is 1. The quantitative estimate of drug-likeness (QED) is 0.741. The van der Waals surface area contributed by atoms with Crippen molar-refractivity contribution in [3.05, 3.63) is 12.5 Å². The average molecular weight is 289 g/mol. The first-order valence-electron chi connectivity index (χ1n) is 8.12. The lowest BCUT2D eigenvalue weighted by Gasteiger charge is -2.23. The molecule has 0 aliphatic rings. The summed E-state index contributed by atoms with van der Waals surface area (Å²) in [4.78, 5) is 11.4. The molecule has 0 radical (unpaired) electrons. The van der Waals surface area contributed by atoms with Gasteiger partial charge in [0.1, 0.15) is 12.1 Å². The standard InChI is InChI=1S/C16H27N5/c1-5-7-9-20(10-8-6-2)15-14-11-19-21(13(3)4)16(14)18-12-17-15/h11-13H,5-10H2,1-4H3. The van der Waals surface area contributed by atoms with E-state index in [0.29, 0.717) is 6.04 Å². The predicted molar refractivity (Wildman–Crippen MR) is 87.7 cm³/mol. The van der Waals surface area contributed by atoms with E-state index in [9.17, 15) is 0 Å². The van der Waals surface area contributed by atoms with Crippen LogP contribution >= 0.6 is 0 Å². The maximum Gasteiger partial charge on any atom is 0.163 e. The van der Waals surface area contributed by atoms with Crippen molar-refractivity contribution >= 4 is 16.9 Å². The summed E-state index contributed by atoms with van der Waals surface area (Å²) in [6, 6.07) is 0.310. The zero-order valence-corrected chi connectivity index (χ0v) is 13.7. The summed E-state index contributed by atoms with van der Waals surface area (Å²) in [7, 11) is 0. The molecule has 2 aromatic heterocycles. The van der Waals surface area contributed by atoms with Gasteiger partial charge in [-0.3, -0.25) is 0 Å². The Hall–Kier alpha value is -1.65. The Balaban J connectivity index is 2.37. The van der Waals surface area contributed by atoms with Crippen molar-refractivity contribution in [2.24, 2.45) is 0 Å². The van der Waals surface area contributed by atoms with Crippen molar-refractivity contribution in [1.29, 1.82) is 0 Å². The summed E-state index contributed by atoms with van der Waals surface area (Å²) in [6.45, 7) is 10.8. The van der Waals surface area contributed by atoms with Crippen molar-refractivity contribution in [3.8, 4) is 0 Å². The van der Waals surface area contributed by atoms with Gasteiger partial charge in [0.05, 0.1) is 11.6 Å². The van der Waals surface area contributed by atoms with E-state index in [4.69, 9.17) is 0 Å². The highest BCUT2D eigenvalue weighted by Crippen LogP contribution is 2.25. The molecule has 0 aliphatic carbocycles. The Morgan fingerprint density at radius 2 is 1.76 bits per heavy atom. The summed E-state index contributed by atoms with van der Waals surface area (Å²) in [5, 5.41) is 5.55. The van der Waals surface area contributed by atoms with Crippen molar-refractivity contribution in [2.45, 2.75) is 59.4 Å². The van der Waals surface area contributed by atoms with Gasteiger partial charge >= 0.3 is 0 Å². The van der Waals surface area contributed by atoms with Crippen LogP contribution in [-0.4, -0.2) is 32.8 Å². The molecule has 0 N–H and O–H groups in total. The van der Waals surface area contributed by atoms with E-state index in [1.54, 1.807) is 6.33 Å². The minimum Gasteiger partial charge on any atom is -0.356 e. The molecule has 116 valence electrons. The lowest BCUT2D eigenvalue weighted by molar-refractivity contribution is 0.546. The van der Waals surface area contributed by atoms with Crippen molar-refractivity contribution in [2.75, 3.05) is 18.0 Å². The first kappa shape index (κ1) is 15.7. The van der Waals surface area contributed by atoms with Crippen molar-refractivity contribution in [1.82, 2.24) is 19.7 Å². The summed E-state index contributed by atoms with van der Waals surface area (Å²) in [5.74, 6) is 1.04. The van der Waals surface area contributed by atoms with E-state index >= 15 is 0 Å². The molecule has 2 rings (SSSR count). The second-order valence-electron chi connectivity index (χ2n) is 5.81. The number of rotatable bonds is 8. The largest absolute Gasteiger partial charge is 0.356 e. The van der Waals surface area contributed by atoms with Gasteiger partial charge in [-0.05, 0) is 26.7 Å². The summed E-state index contributed by atoms with van der Waals surface area (Å²) >= 11 is 0. The number of hydrogen-bond acceptors (Lipinski definition) is 4.